The quantitative estimate of drug-likeness (QED) is 0.597. The zero-order chi connectivity index (χ0) is 16.5. The van der Waals surface area contributed by atoms with Gasteiger partial charge in [-0.1, -0.05) is 12.1 Å². The van der Waals surface area contributed by atoms with Crippen LogP contribution in [0.4, 0.5) is 5.82 Å². The van der Waals surface area contributed by atoms with Crippen LogP contribution in [0, 0.1) is 6.07 Å². The number of hydrogen-bond donors (Lipinski definition) is 2. The highest BCUT2D eigenvalue weighted by Crippen LogP contribution is 2.24. The molecule has 24 heavy (non-hydrogen) atoms. The normalized spacial score (nSPS) is 11.0. The van der Waals surface area contributed by atoms with Crippen LogP contribution >= 0.6 is 0 Å². The number of aliphatic hydroxyl groups is 1. The molecule has 7 heteroatoms. The van der Waals surface area contributed by atoms with Crippen molar-refractivity contribution in [3.63, 3.8) is 0 Å². The lowest BCUT2D eigenvalue weighted by molar-refractivity contribution is 0.281. The van der Waals surface area contributed by atoms with Gasteiger partial charge in [-0.3, -0.25) is 9.55 Å². The molecule has 1 radical (unpaired) electrons. The van der Waals surface area contributed by atoms with Gasteiger partial charge in [0, 0.05) is 18.0 Å². The summed E-state index contributed by atoms with van der Waals surface area (Å²) in [6, 6.07) is 12.1. The van der Waals surface area contributed by atoms with Gasteiger partial charge in [0.05, 0.1) is 12.3 Å². The molecule has 4 aromatic rings. The maximum Gasteiger partial charge on any atom is 0.170 e. The largest absolute Gasteiger partial charge is 0.392 e. The molecule has 0 spiro atoms. The Labute approximate surface area is 137 Å². The second-order valence-corrected chi connectivity index (χ2v) is 5.19. The van der Waals surface area contributed by atoms with E-state index in [4.69, 9.17) is 10.8 Å². The van der Waals surface area contributed by atoms with Crippen LogP contribution in [0.25, 0.3) is 28.2 Å². The lowest BCUT2D eigenvalue weighted by atomic mass is 10.1. The Bertz CT molecular complexity index is 995. The maximum absolute atomic E-state index is 9.12. The van der Waals surface area contributed by atoms with E-state index < -0.39 is 0 Å². The zero-order valence-electron chi connectivity index (χ0n) is 12.6. The van der Waals surface area contributed by atoms with Gasteiger partial charge in [-0.2, -0.15) is 0 Å². The lowest BCUT2D eigenvalue weighted by Crippen LogP contribution is -2.00. The first kappa shape index (κ1) is 14.3. The summed E-state index contributed by atoms with van der Waals surface area (Å²) in [5.74, 6) is 0.797. The van der Waals surface area contributed by atoms with E-state index in [2.05, 4.69) is 26.0 Å². The van der Waals surface area contributed by atoms with Crippen molar-refractivity contribution in [2.24, 2.45) is 0 Å². The van der Waals surface area contributed by atoms with Crippen molar-refractivity contribution in [3.8, 4) is 17.1 Å². The first-order chi connectivity index (χ1) is 11.8. The number of fused-ring (bicyclic) bond motifs is 1. The first-order valence-electron chi connectivity index (χ1n) is 7.29. The van der Waals surface area contributed by atoms with E-state index in [9.17, 15) is 0 Å². The summed E-state index contributed by atoms with van der Waals surface area (Å²) in [6.07, 6.45) is 5.07. The first-order valence-corrected chi connectivity index (χ1v) is 7.29. The predicted molar refractivity (Wildman–Crippen MR) is 89.1 cm³/mol. The summed E-state index contributed by atoms with van der Waals surface area (Å²) in [5, 5.41) is 9.12. The van der Waals surface area contributed by atoms with Gasteiger partial charge in [0.1, 0.15) is 6.33 Å². The van der Waals surface area contributed by atoms with Crippen LogP contribution in [-0.4, -0.2) is 29.6 Å². The highest BCUT2D eigenvalue weighted by molar-refractivity contribution is 5.85. The fraction of sp³-hybridized carbons (Fsp3) is 0.0588. The van der Waals surface area contributed by atoms with Crippen molar-refractivity contribution < 1.29 is 5.11 Å². The number of pyridine rings is 1. The number of benzene rings is 1. The molecular formula is C17H13N6O. The molecule has 0 saturated heterocycles. The van der Waals surface area contributed by atoms with Gasteiger partial charge < -0.3 is 10.8 Å². The third kappa shape index (κ3) is 2.37. The molecule has 3 heterocycles. The number of nitrogen functional groups attached to an aromatic ring is 1. The summed E-state index contributed by atoms with van der Waals surface area (Å²) in [4.78, 5) is 17.3. The minimum absolute atomic E-state index is 0.0584. The van der Waals surface area contributed by atoms with Crippen LogP contribution in [0.3, 0.4) is 0 Å². The van der Waals surface area contributed by atoms with Crippen molar-refractivity contribution in [1.29, 1.82) is 0 Å². The van der Waals surface area contributed by atoms with Gasteiger partial charge in [-0.25, -0.2) is 15.0 Å². The maximum atomic E-state index is 9.12. The fourth-order valence-electron chi connectivity index (χ4n) is 2.44. The molecule has 4 rings (SSSR count). The highest BCUT2D eigenvalue weighted by atomic mass is 16.3. The molecule has 0 aliphatic rings. The molecule has 0 aliphatic carbocycles. The van der Waals surface area contributed by atoms with Crippen LogP contribution in [0.15, 0.2) is 49.1 Å². The minimum Gasteiger partial charge on any atom is -0.392 e. The van der Waals surface area contributed by atoms with Crippen molar-refractivity contribution in [2.45, 2.75) is 6.61 Å². The molecule has 1 aromatic carbocycles. The monoisotopic (exact) mass is 317 g/mol. The molecule has 0 fully saturated rings. The van der Waals surface area contributed by atoms with Gasteiger partial charge in [0.2, 0.25) is 0 Å². The molecule has 0 aliphatic heterocycles. The number of nitrogens with zero attached hydrogens (tertiary/aromatic N) is 5. The molecule has 0 saturated carbocycles. The van der Waals surface area contributed by atoms with E-state index in [1.807, 2.05) is 22.8 Å². The fourth-order valence-corrected chi connectivity index (χ4v) is 2.44. The topological polar surface area (TPSA) is 103 Å². The summed E-state index contributed by atoms with van der Waals surface area (Å²) < 4.78 is 1.84. The van der Waals surface area contributed by atoms with E-state index in [1.54, 1.807) is 30.9 Å². The van der Waals surface area contributed by atoms with E-state index in [-0.39, 0.29) is 6.61 Å². The number of imidazole rings is 1. The van der Waals surface area contributed by atoms with Crippen LogP contribution in [0.5, 0.6) is 0 Å². The average Bonchev–Trinajstić information content (AvgIpc) is 3.07. The molecule has 0 unspecified atom stereocenters. The molecule has 0 atom stereocenters. The molecule has 0 bridgehead atoms. The second kappa shape index (κ2) is 5.71. The lowest BCUT2D eigenvalue weighted by Gasteiger charge is -2.06. The second-order valence-electron chi connectivity index (χ2n) is 5.19. The van der Waals surface area contributed by atoms with E-state index in [0.29, 0.717) is 28.4 Å². The predicted octanol–water partition coefficient (Wildman–Crippen LogP) is 1.75. The van der Waals surface area contributed by atoms with Gasteiger partial charge in [0.15, 0.2) is 22.8 Å². The summed E-state index contributed by atoms with van der Waals surface area (Å²) in [7, 11) is 0. The average molecular weight is 317 g/mol. The third-order valence-corrected chi connectivity index (χ3v) is 3.67. The number of hydrogen-bond acceptors (Lipinski definition) is 6. The number of rotatable bonds is 3. The summed E-state index contributed by atoms with van der Waals surface area (Å²) in [6.45, 7) is -0.0584. The number of aromatic nitrogens is 5. The highest BCUT2D eigenvalue weighted by Gasteiger charge is 2.13. The Morgan fingerprint density at radius 1 is 1.12 bits per heavy atom. The van der Waals surface area contributed by atoms with Crippen LogP contribution in [0.2, 0.25) is 0 Å². The van der Waals surface area contributed by atoms with Gasteiger partial charge in [-0.15, -0.1) is 0 Å². The Morgan fingerprint density at radius 2 is 1.96 bits per heavy atom. The number of nitrogens with two attached hydrogens (primary N) is 1. The SMILES string of the molecule is Nc1nc(-c2c[c]c(CO)cc2)nc2c1ncn2-c1ccncc1. The summed E-state index contributed by atoms with van der Waals surface area (Å²) in [5.41, 5.74) is 9.58. The summed E-state index contributed by atoms with van der Waals surface area (Å²) >= 11 is 0. The molecule has 117 valence electrons. The van der Waals surface area contributed by atoms with Crippen molar-refractivity contribution in [2.75, 3.05) is 5.73 Å². The Morgan fingerprint density at radius 3 is 2.67 bits per heavy atom. The van der Waals surface area contributed by atoms with Crippen LogP contribution < -0.4 is 5.73 Å². The van der Waals surface area contributed by atoms with E-state index >= 15 is 0 Å². The van der Waals surface area contributed by atoms with Gasteiger partial charge in [-0.05, 0) is 29.8 Å². The van der Waals surface area contributed by atoms with Crippen LogP contribution in [0.1, 0.15) is 5.56 Å². The Balaban J connectivity index is 1.89. The van der Waals surface area contributed by atoms with Gasteiger partial charge in [0.25, 0.3) is 0 Å². The molecule has 3 aromatic heterocycles. The Kier molecular flexibility index (Phi) is 3.40. The number of aliphatic hydroxyl groups excluding tert-OH is 1. The minimum atomic E-state index is -0.0584. The number of anilines is 1. The standard InChI is InChI=1S/C17H13N6O/c18-15-14-17(23(10-20-14)13-5-7-19-8-6-13)22-16(21-15)12-3-1-11(9-24)2-4-12/h1,3-8,10,24H,9H2,(H2,18,21,22). The van der Waals surface area contributed by atoms with Crippen molar-refractivity contribution >= 4 is 17.0 Å². The van der Waals surface area contributed by atoms with Crippen LogP contribution in [-0.2, 0) is 6.61 Å². The molecule has 7 nitrogen and oxygen atoms in total. The Hall–Kier alpha value is -3.32. The van der Waals surface area contributed by atoms with Crippen molar-refractivity contribution in [1.82, 2.24) is 24.5 Å². The zero-order valence-corrected chi connectivity index (χ0v) is 12.6. The molecular weight excluding hydrogens is 304 g/mol. The molecule has 0 amide bonds. The van der Waals surface area contributed by atoms with E-state index in [1.165, 1.54) is 0 Å². The smallest absolute Gasteiger partial charge is 0.170 e. The van der Waals surface area contributed by atoms with E-state index in [0.717, 1.165) is 11.3 Å². The van der Waals surface area contributed by atoms with Gasteiger partial charge >= 0.3 is 0 Å². The molecule has 3 N–H and O–H groups in total. The van der Waals surface area contributed by atoms with Crippen molar-refractivity contribution in [3.05, 3.63) is 60.7 Å². The third-order valence-electron chi connectivity index (χ3n) is 3.67.